The highest BCUT2D eigenvalue weighted by molar-refractivity contribution is 5.70. The zero-order chi connectivity index (χ0) is 14.5. The highest BCUT2D eigenvalue weighted by Crippen LogP contribution is 2.38. The minimum absolute atomic E-state index is 0.142. The van der Waals surface area contributed by atoms with Crippen molar-refractivity contribution >= 4 is 5.97 Å². The molecule has 1 aliphatic rings. The summed E-state index contributed by atoms with van der Waals surface area (Å²) in [7, 11) is 1.95. The van der Waals surface area contributed by atoms with Crippen LogP contribution < -0.4 is 0 Å². The summed E-state index contributed by atoms with van der Waals surface area (Å²) in [5, 5.41) is 13.6. The maximum atomic E-state index is 11.4. The fourth-order valence-corrected chi connectivity index (χ4v) is 3.66. The number of carboxylic acid groups (broad SMARTS) is 1. The van der Waals surface area contributed by atoms with Crippen LogP contribution in [0.3, 0.4) is 0 Å². The van der Waals surface area contributed by atoms with Gasteiger partial charge in [0.1, 0.15) is 0 Å². The summed E-state index contributed by atoms with van der Waals surface area (Å²) in [6.07, 6.45) is 9.20. The number of aromatic nitrogens is 2. The van der Waals surface area contributed by atoms with Crippen LogP contribution in [0, 0.1) is 17.8 Å². The van der Waals surface area contributed by atoms with E-state index in [0.29, 0.717) is 5.92 Å². The Kier molecular flexibility index (Phi) is 5.21. The molecular weight excluding hydrogens is 252 g/mol. The summed E-state index contributed by atoms with van der Waals surface area (Å²) in [6.45, 7) is 2.22. The van der Waals surface area contributed by atoms with Crippen LogP contribution in [-0.4, -0.2) is 20.9 Å². The number of aliphatic carboxylic acids is 1. The van der Waals surface area contributed by atoms with Gasteiger partial charge in [0, 0.05) is 18.9 Å². The largest absolute Gasteiger partial charge is 0.481 e. The van der Waals surface area contributed by atoms with Gasteiger partial charge in [0.05, 0.1) is 5.92 Å². The van der Waals surface area contributed by atoms with Gasteiger partial charge in [-0.2, -0.15) is 5.10 Å². The molecule has 0 spiro atoms. The highest BCUT2D eigenvalue weighted by Gasteiger charge is 2.34. The molecule has 0 aliphatic heterocycles. The lowest BCUT2D eigenvalue weighted by atomic mass is 9.71. The Bertz CT molecular complexity index is 441. The summed E-state index contributed by atoms with van der Waals surface area (Å²) in [5.74, 6) is 0.311. The van der Waals surface area contributed by atoms with E-state index in [2.05, 4.69) is 12.0 Å². The monoisotopic (exact) mass is 278 g/mol. The Labute approximate surface area is 121 Å². The molecule has 4 heteroatoms. The zero-order valence-corrected chi connectivity index (χ0v) is 12.6. The molecule has 1 saturated carbocycles. The molecule has 1 aliphatic carbocycles. The van der Waals surface area contributed by atoms with Gasteiger partial charge in [0.15, 0.2) is 0 Å². The number of hydrogen-bond donors (Lipinski definition) is 1. The van der Waals surface area contributed by atoms with Crippen LogP contribution in [0.4, 0.5) is 0 Å². The van der Waals surface area contributed by atoms with Crippen molar-refractivity contribution in [3.8, 4) is 0 Å². The Balaban J connectivity index is 1.96. The van der Waals surface area contributed by atoms with Crippen molar-refractivity contribution in [2.45, 2.75) is 51.9 Å². The highest BCUT2D eigenvalue weighted by atomic mass is 16.4. The summed E-state index contributed by atoms with van der Waals surface area (Å²) in [5.41, 5.74) is 1.20. The lowest BCUT2D eigenvalue weighted by Gasteiger charge is -2.34. The van der Waals surface area contributed by atoms with Gasteiger partial charge >= 0.3 is 5.97 Å². The minimum Gasteiger partial charge on any atom is -0.481 e. The van der Waals surface area contributed by atoms with Crippen LogP contribution in [-0.2, 0) is 18.3 Å². The molecule has 1 aromatic rings. The summed E-state index contributed by atoms with van der Waals surface area (Å²) in [4.78, 5) is 11.4. The van der Waals surface area contributed by atoms with E-state index >= 15 is 0 Å². The topological polar surface area (TPSA) is 55.1 Å². The van der Waals surface area contributed by atoms with Crippen molar-refractivity contribution in [1.29, 1.82) is 0 Å². The van der Waals surface area contributed by atoms with E-state index in [9.17, 15) is 9.90 Å². The van der Waals surface area contributed by atoms with Crippen LogP contribution in [0.2, 0.25) is 0 Å². The van der Waals surface area contributed by atoms with E-state index in [1.807, 2.05) is 24.0 Å². The predicted molar refractivity (Wildman–Crippen MR) is 78.4 cm³/mol. The summed E-state index contributed by atoms with van der Waals surface area (Å²) in [6, 6.07) is 2.03. The molecule has 1 fully saturated rings. The van der Waals surface area contributed by atoms with Gasteiger partial charge in [0.25, 0.3) is 0 Å². The van der Waals surface area contributed by atoms with Gasteiger partial charge in [-0.15, -0.1) is 0 Å². The SMILES string of the molecule is CCCC1CCC(C(=O)O)C(CCc2ccnn2C)C1. The third-order valence-electron chi connectivity index (χ3n) is 4.80. The number of carbonyl (C=O) groups is 1. The number of nitrogens with zero attached hydrogens (tertiary/aromatic N) is 2. The van der Waals surface area contributed by atoms with E-state index in [4.69, 9.17) is 0 Å². The minimum atomic E-state index is -0.602. The first-order chi connectivity index (χ1) is 9.61. The van der Waals surface area contributed by atoms with Gasteiger partial charge in [-0.1, -0.05) is 19.8 Å². The van der Waals surface area contributed by atoms with Crippen molar-refractivity contribution in [3.63, 3.8) is 0 Å². The van der Waals surface area contributed by atoms with E-state index in [0.717, 1.165) is 38.0 Å². The van der Waals surface area contributed by atoms with Crippen LogP contribution in [0.15, 0.2) is 12.3 Å². The molecule has 112 valence electrons. The van der Waals surface area contributed by atoms with Crippen LogP contribution in [0.1, 0.15) is 51.1 Å². The van der Waals surface area contributed by atoms with Crippen molar-refractivity contribution in [1.82, 2.24) is 9.78 Å². The maximum Gasteiger partial charge on any atom is 0.306 e. The van der Waals surface area contributed by atoms with Crippen LogP contribution >= 0.6 is 0 Å². The molecule has 1 N–H and O–H groups in total. The van der Waals surface area contributed by atoms with Crippen molar-refractivity contribution in [2.75, 3.05) is 0 Å². The first kappa shape index (κ1) is 15.1. The smallest absolute Gasteiger partial charge is 0.306 e. The molecule has 20 heavy (non-hydrogen) atoms. The fraction of sp³-hybridized carbons (Fsp3) is 0.750. The Morgan fingerprint density at radius 2 is 2.25 bits per heavy atom. The molecule has 4 nitrogen and oxygen atoms in total. The van der Waals surface area contributed by atoms with E-state index in [-0.39, 0.29) is 5.92 Å². The second-order valence-electron chi connectivity index (χ2n) is 6.16. The fourth-order valence-electron chi connectivity index (χ4n) is 3.66. The number of rotatable bonds is 6. The lowest BCUT2D eigenvalue weighted by molar-refractivity contribution is -0.145. The molecular formula is C16H26N2O2. The van der Waals surface area contributed by atoms with Gasteiger partial charge in [-0.3, -0.25) is 9.48 Å². The average molecular weight is 278 g/mol. The predicted octanol–water partition coefficient (Wildman–Crippen LogP) is 3.27. The first-order valence-corrected chi connectivity index (χ1v) is 7.81. The van der Waals surface area contributed by atoms with Crippen molar-refractivity contribution in [3.05, 3.63) is 18.0 Å². The van der Waals surface area contributed by atoms with Gasteiger partial charge < -0.3 is 5.11 Å². The zero-order valence-electron chi connectivity index (χ0n) is 12.6. The number of hydrogen-bond acceptors (Lipinski definition) is 2. The Morgan fingerprint density at radius 3 is 2.85 bits per heavy atom. The van der Waals surface area contributed by atoms with E-state index < -0.39 is 5.97 Å². The molecule has 3 atom stereocenters. The van der Waals surface area contributed by atoms with Gasteiger partial charge in [-0.25, -0.2) is 0 Å². The van der Waals surface area contributed by atoms with Crippen molar-refractivity contribution < 1.29 is 9.90 Å². The van der Waals surface area contributed by atoms with Gasteiger partial charge in [0.2, 0.25) is 0 Å². The summed E-state index contributed by atoms with van der Waals surface area (Å²) >= 11 is 0. The molecule has 2 rings (SSSR count). The maximum absolute atomic E-state index is 11.4. The molecule has 0 aromatic carbocycles. The third kappa shape index (κ3) is 3.62. The first-order valence-electron chi connectivity index (χ1n) is 7.81. The molecule has 0 radical (unpaired) electrons. The number of carboxylic acids is 1. The van der Waals surface area contributed by atoms with Gasteiger partial charge in [-0.05, 0) is 50.0 Å². The Morgan fingerprint density at radius 1 is 1.45 bits per heavy atom. The normalized spacial score (nSPS) is 26.6. The van der Waals surface area contributed by atoms with E-state index in [1.54, 1.807) is 0 Å². The average Bonchev–Trinajstić information content (AvgIpc) is 2.82. The third-order valence-corrected chi connectivity index (χ3v) is 4.80. The molecule has 0 amide bonds. The molecule has 0 saturated heterocycles. The van der Waals surface area contributed by atoms with E-state index in [1.165, 1.54) is 18.5 Å². The Hall–Kier alpha value is -1.32. The second kappa shape index (κ2) is 6.91. The summed E-state index contributed by atoms with van der Waals surface area (Å²) < 4.78 is 1.89. The standard InChI is InChI=1S/C16H26N2O2/c1-3-4-12-5-8-15(16(19)20)13(11-12)6-7-14-9-10-17-18(14)2/h9-10,12-13,15H,3-8,11H2,1-2H3,(H,19,20). The lowest BCUT2D eigenvalue weighted by Crippen LogP contribution is -2.31. The molecule has 1 aromatic heterocycles. The van der Waals surface area contributed by atoms with Crippen LogP contribution in [0.5, 0.6) is 0 Å². The van der Waals surface area contributed by atoms with Crippen LogP contribution in [0.25, 0.3) is 0 Å². The molecule has 3 unspecified atom stereocenters. The van der Waals surface area contributed by atoms with Crippen molar-refractivity contribution in [2.24, 2.45) is 24.8 Å². The second-order valence-corrected chi connectivity index (χ2v) is 6.16. The molecule has 0 bridgehead atoms. The quantitative estimate of drug-likeness (QED) is 0.869. The molecule has 1 heterocycles. The number of aryl methyl sites for hydroxylation is 2.